The van der Waals surface area contributed by atoms with E-state index in [1.54, 1.807) is 43.2 Å². The number of hydrogen-bond acceptors (Lipinski definition) is 6. The number of rotatable bonds is 6. The summed E-state index contributed by atoms with van der Waals surface area (Å²) < 4.78 is 20.6. The first kappa shape index (κ1) is 26.2. The highest BCUT2D eigenvalue weighted by atomic mass is 32.1. The van der Waals surface area contributed by atoms with Crippen molar-refractivity contribution in [2.75, 3.05) is 0 Å². The van der Waals surface area contributed by atoms with Crippen LogP contribution in [0.15, 0.2) is 29.6 Å². The molecule has 0 unspecified atom stereocenters. The average molecular weight is 540 g/mol. The minimum Gasteiger partial charge on any atom is -0.477 e. The van der Waals surface area contributed by atoms with Crippen LogP contribution in [-0.2, 0) is 16.0 Å². The Morgan fingerprint density at radius 3 is 2.61 bits per heavy atom. The molecular weight excluding hydrogens is 509 g/mol. The van der Waals surface area contributed by atoms with Crippen molar-refractivity contribution >= 4 is 29.3 Å². The van der Waals surface area contributed by atoms with Gasteiger partial charge >= 0.3 is 12.1 Å². The molecule has 38 heavy (non-hydrogen) atoms. The molecule has 1 saturated heterocycles. The molecule has 2 aromatic rings. The number of carbonyl (C=O) groups excluding carboxylic acids is 2. The van der Waals surface area contributed by atoms with Crippen LogP contribution in [0.5, 0.6) is 0 Å². The lowest BCUT2D eigenvalue weighted by Gasteiger charge is -2.35. The van der Waals surface area contributed by atoms with Gasteiger partial charge in [0.1, 0.15) is 28.4 Å². The SMILES string of the molecule is C[C@H]1[C@H]2[C@H]3C[C@@H]([C@@H]12)N(C(=O)OC(C)(C)C)[C@@H]3C(=O)N[C@H](C#N)Cc1ccc(-c2csc(C(=O)O)c2)cc1F. The first-order valence-corrected chi connectivity index (χ1v) is 13.6. The van der Waals surface area contributed by atoms with Crippen molar-refractivity contribution in [3.05, 3.63) is 45.9 Å². The molecule has 0 radical (unpaired) electrons. The first-order chi connectivity index (χ1) is 17.9. The van der Waals surface area contributed by atoms with Crippen molar-refractivity contribution < 1.29 is 28.6 Å². The molecule has 0 spiro atoms. The summed E-state index contributed by atoms with van der Waals surface area (Å²) in [6.45, 7) is 7.49. The van der Waals surface area contributed by atoms with Gasteiger partial charge in [0.05, 0.1) is 6.07 Å². The van der Waals surface area contributed by atoms with E-state index < -0.39 is 41.5 Å². The van der Waals surface area contributed by atoms with E-state index in [1.165, 1.54) is 12.1 Å². The minimum atomic E-state index is -1.04. The number of carboxylic acids is 1. The van der Waals surface area contributed by atoms with Crippen molar-refractivity contribution in [3.63, 3.8) is 0 Å². The Kier molecular flexibility index (Phi) is 6.46. The highest BCUT2D eigenvalue weighted by Gasteiger charge is 2.71. The van der Waals surface area contributed by atoms with Crippen LogP contribution in [0, 0.1) is 40.8 Å². The lowest BCUT2D eigenvalue weighted by molar-refractivity contribution is -0.128. The van der Waals surface area contributed by atoms with Crippen molar-refractivity contribution in [2.24, 2.45) is 23.7 Å². The summed E-state index contributed by atoms with van der Waals surface area (Å²) in [5.41, 5.74) is 0.665. The van der Waals surface area contributed by atoms with Crippen molar-refractivity contribution in [2.45, 2.75) is 64.3 Å². The van der Waals surface area contributed by atoms with Crippen LogP contribution >= 0.6 is 11.3 Å². The fourth-order valence-corrected chi connectivity index (χ4v) is 7.19. The van der Waals surface area contributed by atoms with E-state index in [0.29, 0.717) is 28.9 Å². The molecular formula is C28H30FN3O5S. The van der Waals surface area contributed by atoms with Crippen molar-refractivity contribution in [3.8, 4) is 17.2 Å². The number of halogens is 1. The van der Waals surface area contributed by atoms with Crippen LogP contribution in [0.4, 0.5) is 9.18 Å². The summed E-state index contributed by atoms with van der Waals surface area (Å²) in [4.78, 5) is 39.4. The maximum absolute atomic E-state index is 15.0. The van der Waals surface area contributed by atoms with Crippen LogP contribution in [-0.4, -0.2) is 51.7 Å². The summed E-state index contributed by atoms with van der Waals surface area (Å²) >= 11 is 1.06. The number of nitrogens with one attached hydrogen (secondary N) is 1. The smallest absolute Gasteiger partial charge is 0.411 e. The molecule has 1 aromatic heterocycles. The van der Waals surface area contributed by atoms with Gasteiger partial charge in [0.15, 0.2) is 0 Å². The van der Waals surface area contributed by atoms with Gasteiger partial charge in [0.2, 0.25) is 5.91 Å². The number of benzene rings is 1. The zero-order chi connectivity index (χ0) is 27.5. The zero-order valence-corrected chi connectivity index (χ0v) is 22.4. The molecule has 10 heteroatoms. The number of hydrogen-bond donors (Lipinski definition) is 2. The van der Waals surface area contributed by atoms with Crippen LogP contribution in [0.3, 0.4) is 0 Å². The Morgan fingerprint density at radius 1 is 1.26 bits per heavy atom. The van der Waals surface area contributed by atoms with Crippen molar-refractivity contribution in [1.29, 1.82) is 5.26 Å². The van der Waals surface area contributed by atoms with Gasteiger partial charge in [0.25, 0.3) is 0 Å². The summed E-state index contributed by atoms with van der Waals surface area (Å²) in [6, 6.07) is 6.29. The molecule has 1 aliphatic heterocycles. The van der Waals surface area contributed by atoms with E-state index in [9.17, 15) is 24.0 Å². The highest BCUT2D eigenvalue weighted by Crippen LogP contribution is 2.67. The number of nitrogens with zero attached hydrogens (tertiary/aromatic N) is 2. The summed E-state index contributed by atoms with van der Waals surface area (Å²) in [5.74, 6) is -0.781. The second-order valence-electron chi connectivity index (χ2n) is 11.5. The molecule has 2 N–H and O–H groups in total. The van der Waals surface area contributed by atoms with Gasteiger partial charge in [-0.05, 0) is 85.1 Å². The Bertz CT molecular complexity index is 1340. The maximum Gasteiger partial charge on any atom is 0.411 e. The van der Waals surface area contributed by atoms with Gasteiger partial charge in [-0.25, -0.2) is 14.0 Å². The van der Waals surface area contributed by atoms with Gasteiger partial charge in [0, 0.05) is 12.5 Å². The molecule has 2 heterocycles. The molecule has 7 atom stereocenters. The van der Waals surface area contributed by atoms with Crippen LogP contribution in [0.25, 0.3) is 11.1 Å². The summed E-state index contributed by atoms with van der Waals surface area (Å²) in [5, 5.41) is 23.3. The van der Waals surface area contributed by atoms with E-state index in [0.717, 1.165) is 17.8 Å². The summed E-state index contributed by atoms with van der Waals surface area (Å²) in [6.07, 6.45) is 0.183. The van der Waals surface area contributed by atoms with Gasteiger partial charge < -0.3 is 15.2 Å². The fourth-order valence-electron chi connectivity index (χ4n) is 6.43. The van der Waals surface area contributed by atoms with Gasteiger partial charge in [-0.15, -0.1) is 11.3 Å². The number of nitriles is 1. The fraction of sp³-hybridized carbons (Fsp3) is 0.500. The third-order valence-electron chi connectivity index (χ3n) is 8.00. The maximum atomic E-state index is 15.0. The van der Waals surface area contributed by atoms with E-state index >= 15 is 0 Å². The normalized spacial score (nSPS) is 27.8. The Hall–Kier alpha value is -3.45. The number of aromatic carboxylic acids is 1. The molecule has 3 aliphatic rings. The van der Waals surface area contributed by atoms with Crippen molar-refractivity contribution in [1.82, 2.24) is 10.2 Å². The molecule has 2 saturated carbocycles. The molecule has 2 bridgehead atoms. The predicted octanol–water partition coefficient (Wildman–Crippen LogP) is 4.69. The van der Waals surface area contributed by atoms with Gasteiger partial charge in [-0.2, -0.15) is 5.26 Å². The van der Waals surface area contributed by atoms with E-state index in [-0.39, 0.29) is 28.8 Å². The monoisotopic (exact) mass is 539 g/mol. The minimum absolute atomic E-state index is 0.0178. The number of likely N-dealkylation sites (tertiary alicyclic amines) is 1. The second-order valence-corrected chi connectivity index (χ2v) is 12.4. The van der Waals surface area contributed by atoms with Crippen LogP contribution in [0.2, 0.25) is 0 Å². The van der Waals surface area contributed by atoms with Crippen LogP contribution in [0.1, 0.15) is 49.4 Å². The number of amides is 2. The number of carbonyl (C=O) groups is 3. The molecule has 3 fully saturated rings. The average Bonchev–Trinajstić information content (AvgIpc) is 3.25. The second kappa shape index (κ2) is 9.38. The van der Waals surface area contributed by atoms with Crippen LogP contribution < -0.4 is 5.32 Å². The standard InChI is InChI=1S/C28H30FN3O5S/c1-13-22-18-10-20(23(13)22)32(27(36)37-28(2,3)4)24(18)25(33)31-17(11-30)7-15-6-5-14(8-19(15)29)16-9-21(26(34)35)38-12-16/h5-6,8-9,12-13,17-18,20,22-24H,7,10H2,1-4H3,(H,31,33)(H,34,35)/t13-,17-,18+,20-,22-,23+,24-/m0/s1. The summed E-state index contributed by atoms with van der Waals surface area (Å²) in [7, 11) is 0. The number of carboxylic acid groups (broad SMARTS) is 1. The largest absolute Gasteiger partial charge is 0.477 e. The number of thiophene rings is 1. The lowest BCUT2D eigenvalue weighted by atomic mass is 9.94. The molecule has 8 nitrogen and oxygen atoms in total. The number of ether oxygens (including phenoxy) is 1. The van der Waals surface area contributed by atoms with E-state index in [1.807, 2.05) is 0 Å². The molecule has 2 aliphatic carbocycles. The third kappa shape index (κ3) is 4.64. The number of piperidine rings is 1. The number of fused-ring (bicyclic) bond motifs is 5. The Balaban J connectivity index is 1.30. The predicted molar refractivity (Wildman–Crippen MR) is 138 cm³/mol. The van der Waals surface area contributed by atoms with Gasteiger partial charge in [-0.1, -0.05) is 19.1 Å². The molecule has 2 amide bonds. The van der Waals surface area contributed by atoms with E-state index in [2.05, 4.69) is 18.3 Å². The van der Waals surface area contributed by atoms with Gasteiger partial charge in [-0.3, -0.25) is 9.69 Å². The zero-order valence-electron chi connectivity index (χ0n) is 21.6. The van der Waals surface area contributed by atoms with E-state index in [4.69, 9.17) is 9.84 Å². The topological polar surface area (TPSA) is 120 Å². The molecule has 200 valence electrons. The highest BCUT2D eigenvalue weighted by molar-refractivity contribution is 7.12. The third-order valence-corrected chi connectivity index (χ3v) is 8.92. The molecule has 5 rings (SSSR count). The quantitative estimate of drug-likeness (QED) is 0.550. The lowest BCUT2D eigenvalue weighted by Crippen LogP contribution is -2.56. The Morgan fingerprint density at radius 2 is 2.00 bits per heavy atom. The Labute approximate surface area is 224 Å². The molecule has 1 aromatic carbocycles. The first-order valence-electron chi connectivity index (χ1n) is 12.7.